The van der Waals surface area contributed by atoms with Gasteiger partial charge in [-0.15, -0.1) is 16.9 Å². The van der Waals surface area contributed by atoms with Gasteiger partial charge in [0.1, 0.15) is 0 Å². The predicted molar refractivity (Wildman–Crippen MR) is 90.5 cm³/mol. The molecule has 0 aliphatic carbocycles. The molecule has 5 heteroatoms. The fourth-order valence-corrected chi connectivity index (χ4v) is 2.58. The molecule has 0 atom stereocenters. The van der Waals surface area contributed by atoms with E-state index in [-0.39, 0.29) is 5.96 Å². The van der Waals surface area contributed by atoms with Crippen molar-refractivity contribution in [2.75, 3.05) is 0 Å². The summed E-state index contributed by atoms with van der Waals surface area (Å²) in [6.45, 7) is 1.87. The molecule has 0 aliphatic heterocycles. The van der Waals surface area contributed by atoms with Gasteiger partial charge in [0.05, 0.1) is 5.71 Å². The number of benzene rings is 2. The molecule has 21 heavy (non-hydrogen) atoms. The first-order chi connectivity index (χ1) is 10.1. The summed E-state index contributed by atoms with van der Waals surface area (Å²) in [5, 5.41) is 7.62. The fraction of sp³-hybridized carbons (Fsp3) is 0.125. The van der Waals surface area contributed by atoms with E-state index >= 15 is 0 Å². The highest BCUT2D eigenvalue weighted by molar-refractivity contribution is 7.98. The van der Waals surface area contributed by atoms with Crippen LogP contribution in [0.4, 0.5) is 0 Å². The minimum absolute atomic E-state index is 0.0376. The molecule has 0 spiro atoms. The van der Waals surface area contributed by atoms with Crippen molar-refractivity contribution >= 4 is 23.4 Å². The maximum atomic E-state index is 5.26. The smallest absolute Gasteiger partial charge is 0.211 e. The van der Waals surface area contributed by atoms with Crippen LogP contribution in [0.5, 0.6) is 0 Å². The van der Waals surface area contributed by atoms with Gasteiger partial charge in [-0.1, -0.05) is 42.5 Å². The van der Waals surface area contributed by atoms with E-state index in [1.54, 1.807) is 11.8 Å². The maximum absolute atomic E-state index is 5.26. The highest BCUT2D eigenvalue weighted by Gasteiger charge is 2.00. The van der Waals surface area contributed by atoms with E-state index in [1.807, 2.05) is 25.1 Å². The molecule has 0 aliphatic rings. The Morgan fingerprint density at radius 1 is 0.952 bits per heavy atom. The zero-order chi connectivity index (χ0) is 15.1. The number of hydrogen-bond acceptors (Lipinski definition) is 3. The zero-order valence-corrected chi connectivity index (χ0v) is 12.7. The molecule has 2 aromatic carbocycles. The van der Waals surface area contributed by atoms with Gasteiger partial charge in [0.15, 0.2) is 0 Å². The van der Waals surface area contributed by atoms with E-state index in [0.29, 0.717) is 0 Å². The van der Waals surface area contributed by atoms with Crippen LogP contribution >= 0.6 is 11.8 Å². The molecule has 4 N–H and O–H groups in total. The molecule has 0 amide bonds. The monoisotopic (exact) mass is 298 g/mol. The third-order valence-electron chi connectivity index (χ3n) is 2.84. The van der Waals surface area contributed by atoms with Gasteiger partial charge in [0, 0.05) is 10.6 Å². The topological polar surface area (TPSA) is 76.8 Å². The Hall–Kier alpha value is -2.27. The maximum Gasteiger partial charge on any atom is 0.211 e. The average molecular weight is 298 g/mol. The Bertz CT molecular complexity index is 629. The predicted octanol–water partition coefficient (Wildman–Crippen LogP) is 2.98. The lowest BCUT2D eigenvalue weighted by Crippen LogP contribution is -2.22. The van der Waals surface area contributed by atoms with Crippen LogP contribution in [-0.2, 0) is 5.75 Å². The number of hydrogen-bond donors (Lipinski definition) is 2. The number of thioether (sulfide) groups is 1. The largest absolute Gasteiger partial charge is 0.369 e. The molecule has 0 saturated carbocycles. The van der Waals surface area contributed by atoms with Crippen LogP contribution in [0.25, 0.3) is 0 Å². The van der Waals surface area contributed by atoms with Gasteiger partial charge < -0.3 is 11.5 Å². The highest BCUT2D eigenvalue weighted by atomic mass is 32.2. The molecule has 0 fully saturated rings. The quantitative estimate of drug-likeness (QED) is 0.385. The van der Waals surface area contributed by atoms with Crippen molar-refractivity contribution in [3.8, 4) is 0 Å². The highest BCUT2D eigenvalue weighted by Crippen LogP contribution is 2.23. The molecule has 0 aromatic heterocycles. The lowest BCUT2D eigenvalue weighted by molar-refractivity contribution is 1.19. The first-order valence-corrected chi connectivity index (χ1v) is 7.54. The molecule has 0 bridgehead atoms. The van der Waals surface area contributed by atoms with Crippen molar-refractivity contribution in [3.63, 3.8) is 0 Å². The van der Waals surface area contributed by atoms with Gasteiger partial charge in [0.25, 0.3) is 0 Å². The van der Waals surface area contributed by atoms with Gasteiger partial charge in [-0.05, 0) is 30.2 Å². The molecule has 0 heterocycles. The summed E-state index contributed by atoms with van der Waals surface area (Å²) in [7, 11) is 0. The van der Waals surface area contributed by atoms with Crippen molar-refractivity contribution < 1.29 is 0 Å². The second kappa shape index (κ2) is 7.50. The van der Waals surface area contributed by atoms with Gasteiger partial charge in [-0.25, -0.2) is 0 Å². The standard InChI is InChI=1S/C16H18N4S/c1-12(19-20-16(17)18)14-7-9-15(10-8-14)21-11-13-5-3-2-4-6-13/h2-10H,11H2,1H3,(H4,17,18,20). The summed E-state index contributed by atoms with van der Waals surface area (Å²) < 4.78 is 0. The third-order valence-corrected chi connectivity index (χ3v) is 3.92. The molecular weight excluding hydrogens is 280 g/mol. The van der Waals surface area contributed by atoms with Crippen molar-refractivity contribution in [3.05, 3.63) is 65.7 Å². The summed E-state index contributed by atoms with van der Waals surface area (Å²) in [5.74, 6) is 0.922. The Morgan fingerprint density at radius 3 is 2.24 bits per heavy atom. The SMILES string of the molecule is CC(=NN=C(N)N)c1ccc(SCc2ccccc2)cc1. The minimum atomic E-state index is -0.0376. The van der Waals surface area contributed by atoms with Gasteiger partial charge >= 0.3 is 0 Å². The van der Waals surface area contributed by atoms with Crippen LogP contribution in [0, 0.1) is 0 Å². The van der Waals surface area contributed by atoms with Crippen LogP contribution < -0.4 is 11.5 Å². The summed E-state index contributed by atoms with van der Waals surface area (Å²) in [6.07, 6.45) is 0. The molecule has 4 nitrogen and oxygen atoms in total. The van der Waals surface area contributed by atoms with Crippen LogP contribution in [0.2, 0.25) is 0 Å². The summed E-state index contributed by atoms with van der Waals surface area (Å²) in [6, 6.07) is 18.6. The van der Waals surface area contributed by atoms with Crippen molar-refractivity contribution in [1.82, 2.24) is 0 Å². The van der Waals surface area contributed by atoms with E-state index in [1.165, 1.54) is 10.5 Å². The molecule has 0 radical (unpaired) electrons. The number of nitrogens with two attached hydrogens (primary N) is 2. The Balaban J connectivity index is 1.99. The molecule has 0 saturated heterocycles. The fourth-order valence-electron chi connectivity index (χ4n) is 1.72. The molecular formula is C16H18N4S. The van der Waals surface area contributed by atoms with Crippen molar-refractivity contribution in [2.45, 2.75) is 17.6 Å². The van der Waals surface area contributed by atoms with Crippen LogP contribution in [0.3, 0.4) is 0 Å². The Morgan fingerprint density at radius 2 is 1.62 bits per heavy atom. The van der Waals surface area contributed by atoms with Crippen LogP contribution in [0.15, 0.2) is 69.7 Å². The summed E-state index contributed by atoms with van der Waals surface area (Å²) >= 11 is 1.80. The second-order valence-corrected chi connectivity index (χ2v) is 5.56. The lowest BCUT2D eigenvalue weighted by atomic mass is 10.1. The van der Waals surface area contributed by atoms with E-state index in [9.17, 15) is 0 Å². The number of nitrogens with zero attached hydrogens (tertiary/aromatic N) is 2. The van der Waals surface area contributed by atoms with Gasteiger partial charge in [0.2, 0.25) is 5.96 Å². The van der Waals surface area contributed by atoms with Gasteiger partial charge in [-0.3, -0.25) is 0 Å². The van der Waals surface area contributed by atoms with Crippen molar-refractivity contribution in [1.29, 1.82) is 0 Å². The molecule has 2 rings (SSSR count). The first-order valence-electron chi connectivity index (χ1n) is 6.55. The second-order valence-electron chi connectivity index (χ2n) is 4.51. The Kier molecular flexibility index (Phi) is 5.40. The zero-order valence-electron chi connectivity index (χ0n) is 11.9. The average Bonchev–Trinajstić information content (AvgIpc) is 2.52. The number of rotatable bonds is 5. The Labute approximate surface area is 129 Å². The van der Waals surface area contributed by atoms with Crippen LogP contribution in [-0.4, -0.2) is 11.7 Å². The summed E-state index contributed by atoms with van der Waals surface area (Å²) in [5.41, 5.74) is 13.6. The molecule has 0 unspecified atom stereocenters. The van der Waals surface area contributed by atoms with E-state index in [2.05, 4.69) is 46.6 Å². The van der Waals surface area contributed by atoms with E-state index in [4.69, 9.17) is 11.5 Å². The van der Waals surface area contributed by atoms with Crippen molar-refractivity contribution in [2.24, 2.45) is 21.7 Å². The molecule has 2 aromatic rings. The first kappa shape index (κ1) is 15.1. The summed E-state index contributed by atoms with van der Waals surface area (Å²) in [4.78, 5) is 1.22. The van der Waals surface area contributed by atoms with E-state index in [0.717, 1.165) is 17.0 Å². The lowest BCUT2D eigenvalue weighted by Gasteiger charge is -2.04. The number of guanidine groups is 1. The van der Waals surface area contributed by atoms with Crippen LogP contribution in [0.1, 0.15) is 18.1 Å². The normalized spacial score (nSPS) is 11.2. The third kappa shape index (κ3) is 4.96. The van der Waals surface area contributed by atoms with E-state index < -0.39 is 0 Å². The minimum Gasteiger partial charge on any atom is -0.369 e. The molecule has 108 valence electrons. The van der Waals surface area contributed by atoms with Gasteiger partial charge in [-0.2, -0.15) is 5.10 Å².